The fraction of sp³-hybridized carbons (Fsp3) is 0.304. The van der Waals surface area contributed by atoms with Crippen molar-refractivity contribution in [2.75, 3.05) is 32.0 Å². The molecule has 10 nitrogen and oxygen atoms in total. The van der Waals surface area contributed by atoms with Crippen LogP contribution in [0.2, 0.25) is 10.0 Å². The predicted molar refractivity (Wildman–Crippen MR) is 135 cm³/mol. The van der Waals surface area contributed by atoms with Crippen molar-refractivity contribution in [1.82, 2.24) is 20.6 Å². The number of nitro groups is 1. The second kappa shape index (κ2) is 11.5. The number of amides is 1. The molecule has 35 heavy (non-hydrogen) atoms. The molecule has 5 N–H and O–H groups in total. The summed E-state index contributed by atoms with van der Waals surface area (Å²) in [5, 5.41) is 12.0. The molecule has 2 aromatic heterocycles. The van der Waals surface area contributed by atoms with Gasteiger partial charge in [0.2, 0.25) is 5.82 Å². The molecule has 1 amide bonds. The number of rotatable bonds is 7. The van der Waals surface area contributed by atoms with Gasteiger partial charge in [0.15, 0.2) is 0 Å². The maximum Gasteiger partial charge on any atom is 0.311 e. The van der Waals surface area contributed by atoms with Crippen LogP contribution in [0.4, 0.5) is 11.5 Å². The number of hydrogen-bond acceptors (Lipinski definition) is 7. The Balaban J connectivity index is 0.00000342. The van der Waals surface area contributed by atoms with Gasteiger partial charge in [-0.2, -0.15) is 0 Å². The monoisotopic (exact) mass is 520 g/mol. The zero-order valence-corrected chi connectivity index (χ0v) is 20.5. The van der Waals surface area contributed by atoms with Gasteiger partial charge in [-0.25, -0.2) is 4.98 Å². The van der Waals surface area contributed by atoms with Gasteiger partial charge in [-0.05, 0) is 37.1 Å². The standard InChI is InChI=1S/C23H23Cl2N5O4.H3N/c24-16-3-5-18(19(25)13-16)15-12-21(23(31)28-8-10-34-11-9-28)29(14-15)7-1-2-17-4-6-20(30(32)33)22(26)27-17;/h3-6,12-14H,1-2,7-11H2,(H2,26,27);1H3. The van der Waals surface area contributed by atoms with Crippen molar-refractivity contribution >= 4 is 40.6 Å². The molecule has 0 atom stereocenters. The lowest BCUT2D eigenvalue weighted by molar-refractivity contribution is -0.384. The van der Waals surface area contributed by atoms with Crippen molar-refractivity contribution in [3.8, 4) is 11.1 Å². The first-order valence-corrected chi connectivity index (χ1v) is 11.5. The van der Waals surface area contributed by atoms with E-state index in [-0.39, 0.29) is 23.6 Å². The minimum atomic E-state index is -0.557. The van der Waals surface area contributed by atoms with Gasteiger partial charge >= 0.3 is 5.69 Å². The summed E-state index contributed by atoms with van der Waals surface area (Å²) in [6.45, 7) is 2.63. The molecule has 1 saturated heterocycles. The number of benzene rings is 1. The number of ether oxygens (including phenoxy) is 1. The second-order valence-electron chi connectivity index (χ2n) is 7.90. The summed E-state index contributed by atoms with van der Waals surface area (Å²) >= 11 is 12.5. The van der Waals surface area contributed by atoms with Crippen LogP contribution in [0, 0.1) is 10.1 Å². The summed E-state index contributed by atoms with van der Waals surface area (Å²) in [6, 6.07) is 10.1. The molecule has 0 radical (unpaired) electrons. The highest BCUT2D eigenvalue weighted by Gasteiger charge is 2.23. The Kier molecular flexibility index (Phi) is 8.68. The van der Waals surface area contributed by atoms with Gasteiger partial charge in [0.25, 0.3) is 5.91 Å². The minimum Gasteiger partial charge on any atom is -0.378 e. The van der Waals surface area contributed by atoms with Crippen LogP contribution in [-0.4, -0.2) is 51.6 Å². The number of hydrogen-bond donors (Lipinski definition) is 2. The highest BCUT2D eigenvalue weighted by Crippen LogP contribution is 2.32. The molecule has 12 heteroatoms. The van der Waals surface area contributed by atoms with Gasteiger partial charge in [-0.1, -0.05) is 29.3 Å². The van der Waals surface area contributed by atoms with Gasteiger partial charge in [-0.15, -0.1) is 0 Å². The van der Waals surface area contributed by atoms with Crippen molar-refractivity contribution in [1.29, 1.82) is 0 Å². The van der Waals surface area contributed by atoms with Crippen LogP contribution in [0.1, 0.15) is 22.6 Å². The van der Waals surface area contributed by atoms with Crippen LogP contribution in [0.5, 0.6) is 0 Å². The molecule has 3 heterocycles. The lowest BCUT2D eigenvalue weighted by Crippen LogP contribution is -2.41. The number of aryl methyl sites for hydroxylation is 2. The number of halogens is 2. The predicted octanol–water partition coefficient (Wildman–Crippen LogP) is 4.61. The van der Waals surface area contributed by atoms with Gasteiger partial charge in [0, 0.05) is 58.8 Å². The fourth-order valence-electron chi connectivity index (χ4n) is 3.91. The fourth-order valence-corrected chi connectivity index (χ4v) is 4.43. The number of anilines is 1. The van der Waals surface area contributed by atoms with E-state index in [1.165, 1.54) is 6.07 Å². The molecular weight excluding hydrogens is 495 g/mol. The van der Waals surface area contributed by atoms with E-state index in [0.29, 0.717) is 67.1 Å². The van der Waals surface area contributed by atoms with E-state index in [0.717, 1.165) is 11.1 Å². The van der Waals surface area contributed by atoms with E-state index >= 15 is 0 Å². The minimum absolute atomic E-state index is 0. The van der Waals surface area contributed by atoms with E-state index in [9.17, 15) is 14.9 Å². The summed E-state index contributed by atoms with van der Waals surface area (Å²) in [5.74, 6) is -0.177. The van der Waals surface area contributed by atoms with Crippen molar-refractivity contribution in [3.63, 3.8) is 0 Å². The molecule has 0 unspecified atom stereocenters. The summed E-state index contributed by atoms with van der Waals surface area (Å²) in [5.41, 5.74) is 8.30. The third-order valence-corrected chi connectivity index (χ3v) is 6.19. The van der Waals surface area contributed by atoms with Crippen molar-refractivity contribution in [3.05, 3.63) is 74.1 Å². The topological polar surface area (TPSA) is 152 Å². The maximum atomic E-state index is 13.3. The normalized spacial score (nSPS) is 13.4. The molecule has 0 spiro atoms. The number of nitrogen functional groups attached to an aromatic ring is 1. The van der Waals surface area contributed by atoms with Crippen LogP contribution in [0.25, 0.3) is 11.1 Å². The molecule has 1 aliphatic heterocycles. The lowest BCUT2D eigenvalue weighted by Gasteiger charge is -2.27. The molecule has 4 rings (SSSR count). The van der Waals surface area contributed by atoms with Gasteiger partial charge < -0.3 is 26.1 Å². The van der Waals surface area contributed by atoms with Gasteiger partial charge in [0.05, 0.1) is 18.1 Å². The molecule has 0 bridgehead atoms. The summed E-state index contributed by atoms with van der Waals surface area (Å²) in [7, 11) is 0. The number of carbonyl (C=O) groups excluding carboxylic acids is 1. The Morgan fingerprint density at radius 3 is 2.57 bits per heavy atom. The maximum absolute atomic E-state index is 13.3. The molecular formula is C23H26Cl2N6O4. The number of pyridine rings is 1. The zero-order chi connectivity index (χ0) is 24.2. The Hall–Kier alpha value is -3.18. The summed E-state index contributed by atoms with van der Waals surface area (Å²) < 4.78 is 7.28. The zero-order valence-electron chi connectivity index (χ0n) is 19.0. The molecule has 0 saturated carbocycles. The quantitative estimate of drug-likeness (QED) is 0.340. The molecule has 3 aromatic rings. The van der Waals surface area contributed by atoms with Crippen LogP contribution >= 0.6 is 23.2 Å². The second-order valence-corrected chi connectivity index (χ2v) is 8.75. The lowest BCUT2D eigenvalue weighted by atomic mass is 10.1. The number of nitrogens with two attached hydrogens (primary N) is 1. The smallest absolute Gasteiger partial charge is 0.311 e. The highest BCUT2D eigenvalue weighted by atomic mass is 35.5. The SMILES string of the molecule is N.Nc1nc(CCCn2cc(-c3ccc(Cl)cc3Cl)cc2C(=O)N2CCOCC2)ccc1[N+](=O)[O-]. The first-order chi connectivity index (χ1) is 16.3. The Morgan fingerprint density at radius 2 is 1.91 bits per heavy atom. The first-order valence-electron chi connectivity index (χ1n) is 10.8. The molecule has 0 aliphatic carbocycles. The van der Waals surface area contributed by atoms with Crippen molar-refractivity contribution in [2.24, 2.45) is 0 Å². The summed E-state index contributed by atoms with van der Waals surface area (Å²) in [6.07, 6.45) is 3.10. The Bertz CT molecular complexity index is 1230. The van der Waals surface area contributed by atoms with Crippen LogP contribution in [-0.2, 0) is 17.7 Å². The average Bonchev–Trinajstić information content (AvgIpc) is 3.22. The Labute approximate surface area is 212 Å². The van der Waals surface area contributed by atoms with Gasteiger partial charge in [0.1, 0.15) is 5.69 Å². The molecule has 186 valence electrons. The number of carbonyl (C=O) groups is 1. The van der Waals surface area contributed by atoms with E-state index < -0.39 is 4.92 Å². The highest BCUT2D eigenvalue weighted by molar-refractivity contribution is 6.36. The molecule has 1 aliphatic rings. The van der Waals surface area contributed by atoms with Crippen molar-refractivity contribution < 1.29 is 14.5 Å². The number of morpholine rings is 1. The average molecular weight is 521 g/mol. The summed E-state index contributed by atoms with van der Waals surface area (Å²) in [4.78, 5) is 29.6. The molecule has 1 fully saturated rings. The van der Waals surface area contributed by atoms with Crippen LogP contribution in [0.15, 0.2) is 42.6 Å². The van der Waals surface area contributed by atoms with Gasteiger partial charge in [-0.3, -0.25) is 14.9 Å². The van der Waals surface area contributed by atoms with Crippen LogP contribution in [0.3, 0.4) is 0 Å². The van der Waals surface area contributed by atoms with E-state index in [1.54, 1.807) is 23.1 Å². The third-order valence-electron chi connectivity index (χ3n) is 5.64. The molecule has 1 aromatic carbocycles. The van der Waals surface area contributed by atoms with Crippen molar-refractivity contribution in [2.45, 2.75) is 19.4 Å². The van der Waals surface area contributed by atoms with E-state index in [2.05, 4.69) is 4.98 Å². The number of aromatic nitrogens is 2. The van der Waals surface area contributed by atoms with Crippen LogP contribution < -0.4 is 11.9 Å². The largest absolute Gasteiger partial charge is 0.378 e. The first kappa shape index (κ1) is 26.4. The van der Waals surface area contributed by atoms with E-state index in [4.69, 9.17) is 33.7 Å². The van der Waals surface area contributed by atoms with E-state index in [1.807, 2.05) is 22.9 Å². The Morgan fingerprint density at radius 1 is 1.17 bits per heavy atom. The third kappa shape index (κ3) is 6.09. The number of nitrogens with zero attached hydrogens (tertiary/aromatic N) is 4.